The molecule has 1 atom stereocenters. The van der Waals surface area contributed by atoms with Crippen LogP contribution in [0.25, 0.3) is 11.3 Å². The van der Waals surface area contributed by atoms with E-state index in [1.165, 1.54) is 18.3 Å². The Morgan fingerprint density at radius 1 is 1.06 bits per heavy atom. The minimum absolute atomic E-state index is 0.187. The number of carbonyl (C=O) groups excluding carboxylic acids is 2. The lowest BCUT2D eigenvalue weighted by Crippen LogP contribution is -2.48. The molecule has 0 aliphatic heterocycles. The Hall–Kier alpha value is -2.61. The Morgan fingerprint density at radius 2 is 1.78 bits per heavy atom. The largest absolute Gasteiger partial charge is 0.455 e. The van der Waals surface area contributed by atoms with E-state index in [0.29, 0.717) is 16.5 Å². The number of benzene rings is 2. The molecule has 0 aliphatic rings. The number of hydrogen-bond acceptors (Lipinski definition) is 4. The molecular formula is C23H20BrCl2N3O3. The number of hydrazone groups is 1. The average molecular weight is 537 g/mol. The summed E-state index contributed by atoms with van der Waals surface area (Å²) in [5.41, 5.74) is 3.59. The summed E-state index contributed by atoms with van der Waals surface area (Å²) < 4.78 is 6.71. The molecule has 2 N–H and O–H groups in total. The van der Waals surface area contributed by atoms with Crippen molar-refractivity contribution in [2.24, 2.45) is 11.0 Å². The Balaban J connectivity index is 1.63. The second kappa shape index (κ2) is 10.8. The van der Waals surface area contributed by atoms with Gasteiger partial charge in [0.1, 0.15) is 17.6 Å². The Bertz CT molecular complexity index is 1140. The normalized spacial score (nSPS) is 12.2. The van der Waals surface area contributed by atoms with E-state index in [4.69, 9.17) is 27.6 Å². The maximum atomic E-state index is 12.6. The summed E-state index contributed by atoms with van der Waals surface area (Å²) in [6.07, 6.45) is 1.40. The lowest BCUT2D eigenvalue weighted by molar-refractivity contribution is -0.123. The third-order valence-corrected chi connectivity index (χ3v) is 5.61. The fourth-order valence-corrected chi connectivity index (χ4v) is 3.61. The lowest BCUT2D eigenvalue weighted by atomic mass is 10.0. The summed E-state index contributed by atoms with van der Waals surface area (Å²) in [6.45, 7) is 3.63. The van der Waals surface area contributed by atoms with Crippen LogP contribution in [0.3, 0.4) is 0 Å². The molecular weight excluding hydrogens is 517 g/mol. The van der Waals surface area contributed by atoms with Gasteiger partial charge in [0.05, 0.1) is 16.8 Å². The summed E-state index contributed by atoms with van der Waals surface area (Å²) >= 11 is 15.4. The van der Waals surface area contributed by atoms with E-state index < -0.39 is 17.9 Å². The van der Waals surface area contributed by atoms with Gasteiger partial charge < -0.3 is 9.73 Å². The molecule has 32 heavy (non-hydrogen) atoms. The topological polar surface area (TPSA) is 83.7 Å². The number of hydrogen-bond donors (Lipinski definition) is 2. The molecule has 9 heteroatoms. The zero-order valence-corrected chi connectivity index (χ0v) is 20.3. The second-order valence-electron chi connectivity index (χ2n) is 7.26. The van der Waals surface area contributed by atoms with Crippen LogP contribution < -0.4 is 10.7 Å². The van der Waals surface area contributed by atoms with Gasteiger partial charge in [0.25, 0.3) is 11.8 Å². The van der Waals surface area contributed by atoms with Crippen molar-refractivity contribution < 1.29 is 14.0 Å². The molecule has 0 saturated carbocycles. The maximum absolute atomic E-state index is 12.6. The van der Waals surface area contributed by atoms with E-state index >= 15 is 0 Å². The van der Waals surface area contributed by atoms with Crippen LogP contribution in [0.2, 0.25) is 10.0 Å². The third-order valence-electron chi connectivity index (χ3n) is 4.53. The maximum Gasteiger partial charge on any atom is 0.262 e. The van der Waals surface area contributed by atoms with Crippen molar-refractivity contribution in [2.45, 2.75) is 19.9 Å². The molecule has 3 aromatic rings. The predicted molar refractivity (Wildman–Crippen MR) is 130 cm³/mol. The van der Waals surface area contributed by atoms with E-state index in [9.17, 15) is 9.59 Å². The minimum atomic E-state index is -0.818. The first-order valence-electron chi connectivity index (χ1n) is 9.69. The van der Waals surface area contributed by atoms with Gasteiger partial charge in [0.15, 0.2) is 0 Å². The van der Waals surface area contributed by atoms with E-state index in [1.807, 2.05) is 44.2 Å². The van der Waals surface area contributed by atoms with Crippen molar-refractivity contribution in [2.75, 3.05) is 0 Å². The van der Waals surface area contributed by atoms with Gasteiger partial charge in [0.2, 0.25) is 0 Å². The molecule has 2 amide bonds. The zero-order valence-electron chi connectivity index (χ0n) is 17.2. The van der Waals surface area contributed by atoms with Crippen molar-refractivity contribution in [1.29, 1.82) is 0 Å². The number of rotatable bonds is 7. The molecule has 0 fully saturated rings. The second-order valence-corrected chi connectivity index (χ2v) is 9.02. The van der Waals surface area contributed by atoms with Crippen LogP contribution in [0.15, 0.2) is 68.6 Å². The fraction of sp³-hybridized carbons (Fsp3) is 0.174. The zero-order chi connectivity index (χ0) is 23.3. The van der Waals surface area contributed by atoms with Gasteiger partial charge in [0, 0.05) is 15.1 Å². The van der Waals surface area contributed by atoms with Crippen LogP contribution in [-0.2, 0) is 4.79 Å². The molecule has 1 aromatic heterocycles. The summed E-state index contributed by atoms with van der Waals surface area (Å²) in [5, 5.41) is 7.27. The number of nitrogens with zero attached hydrogens (tertiary/aromatic N) is 1. The monoisotopic (exact) mass is 535 g/mol. The van der Waals surface area contributed by atoms with Crippen molar-refractivity contribution in [1.82, 2.24) is 10.7 Å². The van der Waals surface area contributed by atoms with E-state index in [-0.39, 0.29) is 16.5 Å². The molecule has 1 heterocycles. The Morgan fingerprint density at radius 3 is 2.44 bits per heavy atom. The molecule has 0 bridgehead atoms. The SMILES string of the molecule is CC(C)C(NC(=O)c1ccc(Cl)cc1Cl)C(=O)N/N=C/c1ccc(-c2ccc(Br)cc2)o1. The van der Waals surface area contributed by atoms with Crippen molar-refractivity contribution in [3.63, 3.8) is 0 Å². The number of furan rings is 1. The highest BCUT2D eigenvalue weighted by molar-refractivity contribution is 9.10. The van der Waals surface area contributed by atoms with Crippen LogP contribution in [0.1, 0.15) is 30.0 Å². The molecule has 166 valence electrons. The summed E-state index contributed by atoms with van der Waals surface area (Å²) in [4.78, 5) is 25.2. The van der Waals surface area contributed by atoms with Gasteiger partial charge in [-0.3, -0.25) is 9.59 Å². The van der Waals surface area contributed by atoms with E-state index in [1.54, 1.807) is 12.1 Å². The summed E-state index contributed by atoms with van der Waals surface area (Å²) in [7, 11) is 0. The highest BCUT2D eigenvalue weighted by Crippen LogP contribution is 2.23. The molecule has 1 unspecified atom stereocenters. The first-order chi connectivity index (χ1) is 15.2. The molecule has 2 aromatic carbocycles. The van der Waals surface area contributed by atoms with Crippen LogP contribution in [0.4, 0.5) is 0 Å². The van der Waals surface area contributed by atoms with Crippen molar-refractivity contribution >= 4 is 57.2 Å². The fourth-order valence-electron chi connectivity index (χ4n) is 2.85. The van der Waals surface area contributed by atoms with Gasteiger partial charge in [-0.25, -0.2) is 5.43 Å². The van der Waals surface area contributed by atoms with Gasteiger partial charge >= 0.3 is 0 Å². The highest BCUT2D eigenvalue weighted by Gasteiger charge is 2.25. The van der Waals surface area contributed by atoms with E-state index in [0.717, 1.165) is 10.0 Å². The number of carbonyl (C=O) groups is 2. The smallest absolute Gasteiger partial charge is 0.262 e. The Kier molecular flexibility index (Phi) is 8.12. The third kappa shape index (κ3) is 6.22. The van der Waals surface area contributed by atoms with Crippen LogP contribution >= 0.6 is 39.1 Å². The molecule has 0 aliphatic carbocycles. The number of halogens is 3. The molecule has 0 radical (unpaired) electrons. The van der Waals surface area contributed by atoms with Gasteiger partial charge in [-0.2, -0.15) is 5.10 Å². The predicted octanol–water partition coefficient (Wildman–Crippen LogP) is 5.92. The lowest BCUT2D eigenvalue weighted by Gasteiger charge is -2.20. The van der Waals surface area contributed by atoms with Gasteiger partial charge in [-0.1, -0.05) is 65.1 Å². The average Bonchev–Trinajstić information content (AvgIpc) is 3.21. The van der Waals surface area contributed by atoms with Crippen molar-refractivity contribution in [3.05, 3.63) is 80.4 Å². The number of nitrogens with one attached hydrogen (secondary N) is 2. The van der Waals surface area contributed by atoms with Crippen LogP contribution in [0, 0.1) is 5.92 Å². The summed E-state index contributed by atoms with van der Waals surface area (Å²) in [6, 6.07) is 15.0. The van der Waals surface area contributed by atoms with Crippen LogP contribution in [-0.4, -0.2) is 24.1 Å². The molecule has 6 nitrogen and oxygen atoms in total. The first-order valence-corrected chi connectivity index (χ1v) is 11.2. The minimum Gasteiger partial charge on any atom is -0.455 e. The summed E-state index contributed by atoms with van der Waals surface area (Å²) in [5.74, 6) is 0.0237. The van der Waals surface area contributed by atoms with Gasteiger partial charge in [-0.05, 0) is 48.4 Å². The van der Waals surface area contributed by atoms with Crippen molar-refractivity contribution in [3.8, 4) is 11.3 Å². The Labute approximate surface area is 204 Å². The molecule has 0 saturated heterocycles. The first kappa shape index (κ1) is 24.0. The number of amides is 2. The standard InChI is InChI=1S/C23H20BrCl2N3O3/c1-13(2)21(28-22(30)18-9-7-16(25)11-19(18)26)23(31)29-27-12-17-8-10-20(32-17)14-3-5-15(24)6-4-14/h3-13,21H,1-2H3,(H,28,30)(H,29,31)/b27-12+. The molecule has 3 rings (SSSR count). The quantitative estimate of drug-likeness (QED) is 0.290. The van der Waals surface area contributed by atoms with Crippen LogP contribution in [0.5, 0.6) is 0 Å². The molecule has 0 spiro atoms. The van der Waals surface area contributed by atoms with E-state index in [2.05, 4.69) is 31.8 Å². The van der Waals surface area contributed by atoms with Gasteiger partial charge in [-0.15, -0.1) is 0 Å². The highest BCUT2D eigenvalue weighted by atomic mass is 79.9.